The highest BCUT2D eigenvalue weighted by atomic mass is 16.2. The molecule has 0 aliphatic heterocycles. The summed E-state index contributed by atoms with van der Waals surface area (Å²) in [4.78, 5) is 34.8. The molecule has 0 fully saturated rings. The van der Waals surface area contributed by atoms with Crippen LogP contribution in [0.25, 0.3) is 0 Å². The van der Waals surface area contributed by atoms with E-state index >= 15 is 0 Å². The Hall–Kier alpha value is -2.95. The van der Waals surface area contributed by atoms with Crippen LogP contribution in [-0.2, 0) is 11.2 Å². The van der Waals surface area contributed by atoms with Crippen LogP contribution >= 0.6 is 0 Å². The van der Waals surface area contributed by atoms with Crippen LogP contribution < -0.4 is 11.1 Å². The highest BCUT2D eigenvalue weighted by Crippen LogP contribution is 2.08. The second-order valence-electron chi connectivity index (χ2n) is 4.82. The minimum absolute atomic E-state index is 0.219. The van der Waals surface area contributed by atoms with E-state index in [0.717, 1.165) is 5.56 Å². The zero-order valence-electron chi connectivity index (χ0n) is 11.9. The molecule has 22 heavy (non-hydrogen) atoms. The highest BCUT2D eigenvalue weighted by Gasteiger charge is 2.20. The molecule has 2 aromatic carbocycles. The van der Waals surface area contributed by atoms with Crippen LogP contribution in [0, 0.1) is 0 Å². The van der Waals surface area contributed by atoms with Gasteiger partial charge in [0.2, 0.25) is 5.91 Å². The number of carbonyl (C=O) groups excluding carboxylic acids is 3. The Labute approximate surface area is 128 Å². The number of aldehydes is 1. The molecule has 0 aliphatic rings. The number of primary amides is 1. The van der Waals surface area contributed by atoms with Gasteiger partial charge in [-0.2, -0.15) is 0 Å². The topological polar surface area (TPSA) is 89.3 Å². The van der Waals surface area contributed by atoms with Gasteiger partial charge in [-0.05, 0) is 11.6 Å². The fourth-order valence-electron chi connectivity index (χ4n) is 2.12. The first-order valence-electron chi connectivity index (χ1n) is 6.80. The zero-order chi connectivity index (χ0) is 15.9. The number of nitrogens with two attached hydrogens (primary N) is 1. The summed E-state index contributed by atoms with van der Waals surface area (Å²) in [6.07, 6.45) is 0.899. The summed E-state index contributed by atoms with van der Waals surface area (Å²) < 4.78 is 0. The quantitative estimate of drug-likeness (QED) is 0.788. The van der Waals surface area contributed by atoms with Gasteiger partial charge < -0.3 is 11.1 Å². The Kier molecular flexibility index (Phi) is 5.03. The molecule has 5 nitrogen and oxygen atoms in total. The third-order valence-corrected chi connectivity index (χ3v) is 3.26. The van der Waals surface area contributed by atoms with Gasteiger partial charge in [-0.15, -0.1) is 0 Å². The molecule has 1 atom stereocenters. The minimum atomic E-state index is -0.838. The Morgan fingerprint density at radius 3 is 2.32 bits per heavy atom. The normalized spacial score (nSPS) is 11.5. The summed E-state index contributed by atoms with van der Waals surface area (Å²) in [5.74, 6) is -1.12. The first-order valence-corrected chi connectivity index (χ1v) is 6.80. The SMILES string of the molecule is NC(=O)[C@H](Cc1ccccc1)NC(=O)c1ccccc1C=O. The first-order chi connectivity index (χ1) is 10.6. The molecule has 0 spiro atoms. The number of nitrogens with one attached hydrogen (secondary N) is 1. The Balaban J connectivity index is 2.16. The maximum absolute atomic E-state index is 12.3. The molecular formula is C17H16N2O3. The summed E-state index contributed by atoms with van der Waals surface area (Å²) in [7, 11) is 0. The van der Waals surface area contributed by atoms with Crippen LogP contribution in [0.3, 0.4) is 0 Å². The second-order valence-corrected chi connectivity index (χ2v) is 4.82. The van der Waals surface area contributed by atoms with E-state index in [1.807, 2.05) is 30.3 Å². The van der Waals surface area contributed by atoms with Crippen molar-refractivity contribution < 1.29 is 14.4 Å². The molecule has 0 saturated carbocycles. The summed E-state index contributed by atoms with van der Waals surface area (Å²) in [5.41, 5.74) is 6.73. The van der Waals surface area contributed by atoms with Gasteiger partial charge in [-0.3, -0.25) is 14.4 Å². The standard InChI is InChI=1S/C17H16N2O3/c18-16(21)15(10-12-6-2-1-3-7-12)19-17(22)14-9-5-4-8-13(14)11-20/h1-9,11,15H,10H2,(H2,18,21)(H,19,22)/t15-/m0/s1. The molecule has 2 aromatic rings. The van der Waals surface area contributed by atoms with Gasteiger partial charge in [0.25, 0.3) is 5.91 Å². The largest absolute Gasteiger partial charge is 0.368 e. The Bertz CT molecular complexity index is 683. The number of hydrogen-bond donors (Lipinski definition) is 2. The predicted octanol–water partition coefficient (Wildman–Crippen LogP) is 1.33. The zero-order valence-corrected chi connectivity index (χ0v) is 11.9. The monoisotopic (exact) mass is 296 g/mol. The maximum Gasteiger partial charge on any atom is 0.252 e. The summed E-state index contributed by atoms with van der Waals surface area (Å²) in [6, 6.07) is 14.8. The highest BCUT2D eigenvalue weighted by molar-refractivity contribution is 6.03. The minimum Gasteiger partial charge on any atom is -0.368 e. The van der Waals surface area contributed by atoms with Crippen molar-refractivity contribution >= 4 is 18.1 Å². The molecule has 2 amide bonds. The van der Waals surface area contributed by atoms with Crippen molar-refractivity contribution in [3.8, 4) is 0 Å². The molecular weight excluding hydrogens is 280 g/mol. The smallest absolute Gasteiger partial charge is 0.252 e. The predicted molar refractivity (Wildman–Crippen MR) is 82.4 cm³/mol. The van der Waals surface area contributed by atoms with Gasteiger partial charge in [0.15, 0.2) is 6.29 Å². The van der Waals surface area contributed by atoms with Crippen molar-refractivity contribution in [2.24, 2.45) is 5.73 Å². The van der Waals surface area contributed by atoms with Crippen molar-refractivity contribution in [2.45, 2.75) is 12.5 Å². The molecule has 0 heterocycles. The molecule has 0 unspecified atom stereocenters. The van der Waals surface area contributed by atoms with Gasteiger partial charge in [-0.1, -0.05) is 48.5 Å². The van der Waals surface area contributed by atoms with Crippen LogP contribution in [0.1, 0.15) is 26.3 Å². The molecule has 5 heteroatoms. The summed E-state index contributed by atoms with van der Waals surface area (Å²) >= 11 is 0. The van der Waals surface area contributed by atoms with Crippen LogP contribution in [0.2, 0.25) is 0 Å². The lowest BCUT2D eigenvalue weighted by Gasteiger charge is -2.16. The fraction of sp³-hybridized carbons (Fsp3) is 0.118. The van der Waals surface area contributed by atoms with Crippen LogP contribution in [0.4, 0.5) is 0 Å². The van der Waals surface area contributed by atoms with Crippen molar-refractivity contribution in [3.05, 3.63) is 71.3 Å². The van der Waals surface area contributed by atoms with E-state index in [0.29, 0.717) is 12.7 Å². The number of benzene rings is 2. The molecule has 0 radical (unpaired) electrons. The van der Waals surface area contributed by atoms with Crippen molar-refractivity contribution in [1.82, 2.24) is 5.32 Å². The number of amides is 2. The van der Waals surface area contributed by atoms with E-state index in [9.17, 15) is 14.4 Å². The Morgan fingerprint density at radius 2 is 1.68 bits per heavy atom. The average Bonchev–Trinajstić information content (AvgIpc) is 2.55. The number of rotatable bonds is 6. The fourth-order valence-corrected chi connectivity index (χ4v) is 2.12. The third kappa shape index (κ3) is 3.79. The van der Waals surface area contributed by atoms with Gasteiger partial charge in [0.05, 0.1) is 0 Å². The average molecular weight is 296 g/mol. The van der Waals surface area contributed by atoms with Crippen molar-refractivity contribution in [1.29, 1.82) is 0 Å². The molecule has 0 aromatic heterocycles. The molecule has 0 aliphatic carbocycles. The second kappa shape index (κ2) is 7.17. The van der Waals surface area contributed by atoms with Gasteiger partial charge >= 0.3 is 0 Å². The van der Waals surface area contributed by atoms with Crippen molar-refractivity contribution in [3.63, 3.8) is 0 Å². The first kappa shape index (κ1) is 15.4. The maximum atomic E-state index is 12.3. The van der Waals surface area contributed by atoms with Crippen LogP contribution in [0.5, 0.6) is 0 Å². The lowest BCUT2D eigenvalue weighted by atomic mass is 10.0. The van der Waals surface area contributed by atoms with E-state index in [1.54, 1.807) is 18.2 Å². The molecule has 2 rings (SSSR count). The molecule has 0 bridgehead atoms. The number of carbonyl (C=O) groups is 3. The van der Waals surface area contributed by atoms with Gasteiger partial charge in [-0.25, -0.2) is 0 Å². The number of hydrogen-bond acceptors (Lipinski definition) is 3. The van der Waals surface area contributed by atoms with Crippen LogP contribution in [0.15, 0.2) is 54.6 Å². The van der Waals surface area contributed by atoms with E-state index in [-0.39, 0.29) is 11.1 Å². The van der Waals surface area contributed by atoms with Crippen LogP contribution in [-0.4, -0.2) is 24.1 Å². The third-order valence-electron chi connectivity index (χ3n) is 3.26. The van der Waals surface area contributed by atoms with E-state index in [2.05, 4.69) is 5.32 Å². The Morgan fingerprint density at radius 1 is 1.05 bits per heavy atom. The van der Waals surface area contributed by atoms with Gasteiger partial charge in [0, 0.05) is 17.5 Å². The molecule has 0 saturated heterocycles. The lowest BCUT2D eigenvalue weighted by Crippen LogP contribution is -2.46. The van der Waals surface area contributed by atoms with E-state index in [1.165, 1.54) is 6.07 Å². The summed E-state index contributed by atoms with van der Waals surface area (Å²) in [6.45, 7) is 0. The van der Waals surface area contributed by atoms with E-state index < -0.39 is 17.9 Å². The van der Waals surface area contributed by atoms with Gasteiger partial charge in [0.1, 0.15) is 6.04 Å². The molecule has 3 N–H and O–H groups in total. The summed E-state index contributed by atoms with van der Waals surface area (Å²) in [5, 5.41) is 2.58. The molecule has 112 valence electrons. The lowest BCUT2D eigenvalue weighted by molar-refractivity contribution is -0.119. The van der Waals surface area contributed by atoms with Crippen molar-refractivity contribution in [2.75, 3.05) is 0 Å². The van der Waals surface area contributed by atoms with E-state index in [4.69, 9.17) is 5.73 Å².